The number of nitrogen functional groups attached to an aromatic ring is 1. The van der Waals surface area contributed by atoms with Gasteiger partial charge in [0.25, 0.3) is 5.91 Å². The monoisotopic (exact) mass is 396 g/mol. The summed E-state index contributed by atoms with van der Waals surface area (Å²) in [7, 11) is 0. The van der Waals surface area contributed by atoms with Gasteiger partial charge in [0.05, 0.1) is 0 Å². The van der Waals surface area contributed by atoms with E-state index in [2.05, 4.69) is 37.2 Å². The summed E-state index contributed by atoms with van der Waals surface area (Å²) in [6.45, 7) is 3.93. The summed E-state index contributed by atoms with van der Waals surface area (Å²) in [6, 6.07) is 9.08. The van der Waals surface area contributed by atoms with Gasteiger partial charge in [-0.25, -0.2) is 0 Å². The minimum absolute atomic E-state index is 0.153. The molecule has 0 atom stereocenters. The second-order valence-electron chi connectivity index (χ2n) is 4.61. The lowest BCUT2D eigenvalue weighted by Gasteiger charge is -2.13. The molecule has 2 rings (SSSR count). The van der Waals surface area contributed by atoms with E-state index < -0.39 is 0 Å². The number of halogens is 2. The van der Waals surface area contributed by atoms with Crippen LogP contribution in [0.3, 0.4) is 0 Å². The van der Waals surface area contributed by atoms with E-state index in [1.54, 1.807) is 18.2 Å². The van der Waals surface area contributed by atoms with Crippen molar-refractivity contribution in [3.05, 3.63) is 56.0 Å². The van der Waals surface area contributed by atoms with E-state index in [1.165, 1.54) is 0 Å². The normalized spacial score (nSPS) is 10.4. The van der Waals surface area contributed by atoms with Gasteiger partial charge in [-0.15, -0.1) is 0 Å². The molecule has 104 valence electrons. The van der Waals surface area contributed by atoms with Gasteiger partial charge in [0.2, 0.25) is 0 Å². The zero-order valence-electron chi connectivity index (χ0n) is 11.1. The van der Waals surface area contributed by atoms with Gasteiger partial charge in [0.15, 0.2) is 0 Å². The molecule has 0 bridgehead atoms. The van der Waals surface area contributed by atoms with Gasteiger partial charge in [-0.1, -0.05) is 15.9 Å². The van der Waals surface area contributed by atoms with Crippen molar-refractivity contribution in [1.29, 1.82) is 0 Å². The maximum Gasteiger partial charge on any atom is 0.255 e. The average Bonchev–Trinajstić information content (AvgIpc) is 2.36. The van der Waals surface area contributed by atoms with E-state index in [0.717, 1.165) is 25.8 Å². The van der Waals surface area contributed by atoms with Gasteiger partial charge in [-0.3, -0.25) is 4.79 Å². The number of benzene rings is 2. The van der Waals surface area contributed by atoms with Gasteiger partial charge in [-0.05, 0) is 71.2 Å². The van der Waals surface area contributed by atoms with Crippen molar-refractivity contribution < 1.29 is 4.79 Å². The fraction of sp³-hybridized carbons (Fsp3) is 0.133. The third kappa shape index (κ3) is 3.22. The summed E-state index contributed by atoms with van der Waals surface area (Å²) in [5.74, 6) is -0.153. The molecule has 0 aliphatic heterocycles. The van der Waals surface area contributed by atoms with Crippen LogP contribution in [0.25, 0.3) is 0 Å². The molecule has 0 aliphatic rings. The van der Waals surface area contributed by atoms with E-state index in [0.29, 0.717) is 11.3 Å². The Kier molecular flexibility index (Phi) is 4.50. The second kappa shape index (κ2) is 5.97. The number of carbonyl (C=O) groups excluding carboxylic acids is 1. The highest BCUT2D eigenvalue weighted by Gasteiger charge is 2.11. The van der Waals surface area contributed by atoms with Crippen LogP contribution >= 0.6 is 31.9 Å². The summed E-state index contributed by atoms with van der Waals surface area (Å²) < 4.78 is 1.72. The molecule has 0 saturated carbocycles. The molecular weight excluding hydrogens is 384 g/mol. The largest absolute Gasteiger partial charge is 0.398 e. The molecule has 0 radical (unpaired) electrons. The first kappa shape index (κ1) is 15.1. The van der Waals surface area contributed by atoms with E-state index in [9.17, 15) is 4.79 Å². The number of nitrogens with two attached hydrogens (primary N) is 1. The van der Waals surface area contributed by atoms with Crippen LogP contribution in [0, 0.1) is 13.8 Å². The Bertz CT molecular complexity index is 661. The van der Waals surface area contributed by atoms with Gasteiger partial charge >= 0.3 is 0 Å². The van der Waals surface area contributed by atoms with Crippen molar-refractivity contribution in [2.24, 2.45) is 0 Å². The molecule has 0 spiro atoms. The van der Waals surface area contributed by atoms with Crippen LogP contribution in [0.5, 0.6) is 0 Å². The standard InChI is InChI=1S/C15H14Br2N2O/c1-8-5-11(16)6-9(2)14(8)19-15(20)10-3-4-13(18)12(17)7-10/h3-7H,18H2,1-2H3,(H,19,20). The molecule has 5 heteroatoms. The maximum atomic E-state index is 12.3. The molecule has 20 heavy (non-hydrogen) atoms. The number of hydrogen-bond acceptors (Lipinski definition) is 2. The van der Waals surface area contributed by atoms with Crippen LogP contribution in [0.1, 0.15) is 21.5 Å². The molecule has 0 saturated heterocycles. The van der Waals surface area contributed by atoms with Crippen molar-refractivity contribution >= 4 is 49.1 Å². The maximum absolute atomic E-state index is 12.3. The van der Waals surface area contributed by atoms with Gasteiger partial charge in [0, 0.05) is 25.9 Å². The van der Waals surface area contributed by atoms with E-state index in [4.69, 9.17) is 5.73 Å². The van der Waals surface area contributed by atoms with Crippen LogP contribution < -0.4 is 11.1 Å². The van der Waals surface area contributed by atoms with Crippen molar-refractivity contribution in [3.8, 4) is 0 Å². The molecule has 2 aromatic rings. The third-order valence-corrected chi connectivity index (χ3v) is 4.14. The SMILES string of the molecule is Cc1cc(Br)cc(C)c1NC(=O)c1ccc(N)c(Br)c1. The second-order valence-corrected chi connectivity index (χ2v) is 6.38. The Morgan fingerprint density at radius 1 is 1.10 bits per heavy atom. The number of nitrogens with one attached hydrogen (secondary N) is 1. The Morgan fingerprint density at radius 3 is 2.25 bits per heavy atom. The fourth-order valence-electron chi connectivity index (χ4n) is 1.96. The highest BCUT2D eigenvalue weighted by Crippen LogP contribution is 2.26. The number of anilines is 2. The predicted molar refractivity (Wildman–Crippen MR) is 90.1 cm³/mol. The number of hydrogen-bond donors (Lipinski definition) is 2. The molecular formula is C15H14Br2N2O. The Hall–Kier alpha value is -1.33. The smallest absolute Gasteiger partial charge is 0.255 e. The number of rotatable bonds is 2. The first-order valence-corrected chi connectivity index (χ1v) is 7.60. The summed E-state index contributed by atoms with van der Waals surface area (Å²) in [5, 5.41) is 2.95. The van der Waals surface area contributed by atoms with E-state index >= 15 is 0 Å². The summed E-state index contributed by atoms with van der Waals surface area (Å²) in [4.78, 5) is 12.3. The molecule has 0 aliphatic carbocycles. The predicted octanol–water partition coefficient (Wildman–Crippen LogP) is 4.66. The summed E-state index contributed by atoms with van der Waals surface area (Å²) >= 11 is 6.77. The summed E-state index contributed by atoms with van der Waals surface area (Å²) in [6.07, 6.45) is 0. The lowest BCUT2D eigenvalue weighted by molar-refractivity contribution is 0.102. The molecule has 3 N–H and O–H groups in total. The molecule has 0 fully saturated rings. The zero-order chi connectivity index (χ0) is 14.9. The molecule has 0 heterocycles. The minimum Gasteiger partial charge on any atom is -0.398 e. The van der Waals surface area contributed by atoms with Crippen molar-refractivity contribution in [2.75, 3.05) is 11.1 Å². The van der Waals surface area contributed by atoms with Crippen LogP contribution in [0.2, 0.25) is 0 Å². The molecule has 1 amide bonds. The lowest BCUT2D eigenvalue weighted by Crippen LogP contribution is -2.14. The highest BCUT2D eigenvalue weighted by atomic mass is 79.9. The van der Waals surface area contributed by atoms with Crippen LogP contribution in [0.4, 0.5) is 11.4 Å². The van der Waals surface area contributed by atoms with Crippen LogP contribution in [0.15, 0.2) is 39.3 Å². The van der Waals surface area contributed by atoms with Crippen LogP contribution in [-0.4, -0.2) is 5.91 Å². The molecule has 3 nitrogen and oxygen atoms in total. The van der Waals surface area contributed by atoms with Gasteiger partial charge < -0.3 is 11.1 Å². The topological polar surface area (TPSA) is 55.1 Å². The quantitative estimate of drug-likeness (QED) is 0.723. The number of aryl methyl sites for hydroxylation is 2. The van der Waals surface area contributed by atoms with Crippen molar-refractivity contribution in [3.63, 3.8) is 0 Å². The van der Waals surface area contributed by atoms with Gasteiger partial charge in [0.1, 0.15) is 0 Å². The first-order valence-electron chi connectivity index (χ1n) is 6.01. The van der Waals surface area contributed by atoms with Crippen molar-refractivity contribution in [2.45, 2.75) is 13.8 Å². The fourth-order valence-corrected chi connectivity index (χ4v) is 3.03. The molecule has 0 aromatic heterocycles. The van der Waals surface area contributed by atoms with E-state index in [1.807, 2.05) is 26.0 Å². The number of carbonyl (C=O) groups is 1. The Balaban J connectivity index is 2.30. The van der Waals surface area contributed by atoms with Crippen molar-refractivity contribution in [1.82, 2.24) is 0 Å². The molecule has 0 unspecified atom stereocenters. The van der Waals surface area contributed by atoms with Crippen LogP contribution in [-0.2, 0) is 0 Å². The highest BCUT2D eigenvalue weighted by molar-refractivity contribution is 9.10. The average molecular weight is 398 g/mol. The summed E-state index contributed by atoms with van der Waals surface area (Å²) in [5.41, 5.74) is 9.76. The Morgan fingerprint density at radius 2 is 1.70 bits per heavy atom. The number of amides is 1. The zero-order valence-corrected chi connectivity index (χ0v) is 14.3. The van der Waals surface area contributed by atoms with E-state index in [-0.39, 0.29) is 5.91 Å². The minimum atomic E-state index is -0.153. The van der Waals surface area contributed by atoms with Gasteiger partial charge in [-0.2, -0.15) is 0 Å². The first-order chi connectivity index (χ1) is 9.38. The molecule has 2 aromatic carbocycles. The Labute approximate surface area is 134 Å². The third-order valence-electron chi connectivity index (χ3n) is 3.00. The lowest BCUT2D eigenvalue weighted by atomic mass is 10.1.